The lowest BCUT2D eigenvalue weighted by Gasteiger charge is -2.18. The molecular formula is C15H16BrFN2. The number of rotatable bonds is 5. The average molecular weight is 323 g/mol. The van der Waals surface area contributed by atoms with Gasteiger partial charge >= 0.3 is 0 Å². The summed E-state index contributed by atoms with van der Waals surface area (Å²) in [6.07, 6.45) is 4.38. The highest BCUT2D eigenvalue weighted by molar-refractivity contribution is 9.10. The first-order chi connectivity index (χ1) is 9.19. The van der Waals surface area contributed by atoms with Crippen LogP contribution >= 0.6 is 15.9 Å². The van der Waals surface area contributed by atoms with Gasteiger partial charge in [-0.15, -0.1) is 0 Å². The van der Waals surface area contributed by atoms with Gasteiger partial charge in [0.25, 0.3) is 0 Å². The van der Waals surface area contributed by atoms with E-state index in [1.54, 1.807) is 18.3 Å². The predicted octanol–water partition coefficient (Wildman–Crippen LogP) is 3.88. The molecule has 2 rings (SSSR count). The van der Waals surface area contributed by atoms with E-state index < -0.39 is 0 Å². The number of likely N-dealkylation sites (N-methyl/N-ethyl adjacent to an activating group) is 1. The van der Waals surface area contributed by atoms with Crippen molar-refractivity contribution >= 4 is 15.9 Å². The molecule has 1 heterocycles. The molecule has 2 nitrogen and oxygen atoms in total. The Morgan fingerprint density at radius 1 is 1.32 bits per heavy atom. The number of pyridine rings is 1. The summed E-state index contributed by atoms with van der Waals surface area (Å²) < 4.78 is 14.3. The van der Waals surface area contributed by atoms with E-state index in [0.717, 1.165) is 28.6 Å². The van der Waals surface area contributed by atoms with Crippen molar-refractivity contribution in [2.75, 3.05) is 6.54 Å². The van der Waals surface area contributed by atoms with Crippen LogP contribution in [0.5, 0.6) is 0 Å². The Hall–Kier alpha value is -1.26. The second kappa shape index (κ2) is 6.78. The topological polar surface area (TPSA) is 24.9 Å². The largest absolute Gasteiger partial charge is 0.310 e. The van der Waals surface area contributed by atoms with Crippen LogP contribution in [-0.4, -0.2) is 11.5 Å². The number of nitrogens with zero attached hydrogens (tertiary/aromatic N) is 1. The number of halogens is 2. The summed E-state index contributed by atoms with van der Waals surface area (Å²) in [7, 11) is 0. The molecule has 19 heavy (non-hydrogen) atoms. The highest BCUT2D eigenvalue weighted by Crippen LogP contribution is 2.20. The molecule has 0 bridgehead atoms. The smallest absolute Gasteiger partial charge is 0.123 e. The van der Waals surface area contributed by atoms with Crippen LogP contribution in [0.15, 0.2) is 47.2 Å². The summed E-state index contributed by atoms with van der Waals surface area (Å²) >= 11 is 3.42. The minimum absolute atomic E-state index is 0.0943. The van der Waals surface area contributed by atoms with Crippen molar-refractivity contribution in [2.24, 2.45) is 0 Å². The minimum atomic E-state index is -0.201. The van der Waals surface area contributed by atoms with Crippen molar-refractivity contribution in [2.45, 2.75) is 19.4 Å². The quantitative estimate of drug-likeness (QED) is 0.903. The Balaban J connectivity index is 2.21. The Morgan fingerprint density at radius 2 is 2.16 bits per heavy atom. The van der Waals surface area contributed by atoms with E-state index in [-0.39, 0.29) is 11.9 Å². The Labute approximate surface area is 121 Å². The van der Waals surface area contributed by atoms with Gasteiger partial charge < -0.3 is 5.32 Å². The summed E-state index contributed by atoms with van der Waals surface area (Å²) in [4.78, 5) is 4.16. The summed E-state index contributed by atoms with van der Waals surface area (Å²) in [5, 5.41) is 3.38. The number of hydrogen-bond donors (Lipinski definition) is 1. The molecule has 0 radical (unpaired) electrons. The maximum absolute atomic E-state index is 13.3. The third-order valence-electron chi connectivity index (χ3n) is 2.90. The number of hydrogen-bond acceptors (Lipinski definition) is 2. The molecule has 0 saturated carbocycles. The highest BCUT2D eigenvalue weighted by Gasteiger charge is 2.12. The van der Waals surface area contributed by atoms with E-state index >= 15 is 0 Å². The maximum Gasteiger partial charge on any atom is 0.123 e. The Bertz CT molecular complexity index is 545. The summed E-state index contributed by atoms with van der Waals surface area (Å²) in [6, 6.07) is 8.87. The van der Waals surface area contributed by atoms with Crippen LogP contribution in [0.2, 0.25) is 0 Å². The van der Waals surface area contributed by atoms with Crippen LogP contribution in [0.4, 0.5) is 4.39 Å². The lowest BCUT2D eigenvalue weighted by molar-refractivity contribution is 0.542. The zero-order valence-corrected chi connectivity index (χ0v) is 12.3. The van der Waals surface area contributed by atoms with Gasteiger partial charge in [0.1, 0.15) is 5.82 Å². The van der Waals surface area contributed by atoms with Gasteiger partial charge in [-0.1, -0.05) is 19.1 Å². The van der Waals surface area contributed by atoms with Gasteiger partial charge in [0.15, 0.2) is 0 Å². The molecule has 0 saturated heterocycles. The van der Waals surface area contributed by atoms with Crippen molar-refractivity contribution in [1.29, 1.82) is 0 Å². The minimum Gasteiger partial charge on any atom is -0.310 e. The first-order valence-corrected chi connectivity index (χ1v) is 7.06. The van der Waals surface area contributed by atoms with Gasteiger partial charge in [-0.25, -0.2) is 4.39 Å². The van der Waals surface area contributed by atoms with Crippen LogP contribution in [0.1, 0.15) is 24.1 Å². The molecule has 1 aromatic carbocycles. The number of nitrogens with one attached hydrogen (secondary N) is 1. The van der Waals surface area contributed by atoms with Crippen LogP contribution < -0.4 is 5.32 Å². The molecular weight excluding hydrogens is 307 g/mol. The molecule has 100 valence electrons. The maximum atomic E-state index is 13.3. The van der Waals surface area contributed by atoms with E-state index in [1.807, 2.05) is 25.3 Å². The fraction of sp³-hybridized carbons (Fsp3) is 0.267. The molecule has 1 aromatic heterocycles. The standard InChI is InChI=1S/C15H16BrFN2/c1-2-19-15(12-4-3-5-14(17)8-12)7-11-6-13(16)10-18-9-11/h3-6,8-10,15,19H,2,7H2,1H3. The zero-order valence-electron chi connectivity index (χ0n) is 10.7. The van der Waals surface area contributed by atoms with Gasteiger partial charge in [0.2, 0.25) is 0 Å². The third-order valence-corrected chi connectivity index (χ3v) is 3.34. The van der Waals surface area contributed by atoms with Crippen LogP contribution in [0.25, 0.3) is 0 Å². The monoisotopic (exact) mass is 322 g/mol. The molecule has 0 aliphatic heterocycles. The first kappa shape index (κ1) is 14.2. The Morgan fingerprint density at radius 3 is 2.84 bits per heavy atom. The summed E-state index contributed by atoms with van der Waals surface area (Å²) in [5.41, 5.74) is 2.08. The van der Waals surface area contributed by atoms with Crippen LogP contribution in [0.3, 0.4) is 0 Å². The molecule has 2 aromatic rings. The van der Waals surface area contributed by atoms with E-state index in [2.05, 4.69) is 26.2 Å². The molecule has 0 aliphatic carbocycles. The second-order valence-electron chi connectivity index (χ2n) is 4.38. The predicted molar refractivity (Wildman–Crippen MR) is 78.5 cm³/mol. The van der Waals surface area contributed by atoms with Gasteiger partial charge in [-0.05, 0) is 58.2 Å². The molecule has 4 heteroatoms. The third kappa shape index (κ3) is 4.11. The molecule has 0 amide bonds. The van der Waals surface area contributed by atoms with Crippen molar-refractivity contribution in [3.05, 3.63) is 64.1 Å². The van der Waals surface area contributed by atoms with Crippen LogP contribution in [0, 0.1) is 5.82 Å². The molecule has 0 aliphatic rings. The van der Waals surface area contributed by atoms with Crippen molar-refractivity contribution < 1.29 is 4.39 Å². The average Bonchev–Trinajstić information content (AvgIpc) is 2.38. The van der Waals surface area contributed by atoms with Crippen LogP contribution in [-0.2, 0) is 6.42 Å². The fourth-order valence-electron chi connectivity index (χ4n) is 2.08. The number of aromatic nitrogens is 1. The highest BCUT2D eigenvalue weighted by atomic mass is 79.9. The molecule has 1 unspecified atom stereocenters. The second-order valence-corrected chi connectivity index (χ2v) is 5.30. The summed E-state index contributed by atoms with van der Waals surface area (Å²) in [5.74, 6) is -0.201. The normalized spacial score (nSPS) is 12.4. The molecule has 1 atom stereocenters. The van der Waals surface area contributed by atoms with Crippen molar-refractivity contribution in [3.8, 4) is 0 Å². The molecule has 0 fully saturated rings. The van der Waals surface area contributed by atoms with E-state index in [1.165, 1.54) is 6.07 Å². The fourth-order valence-corrected chi connectivity index (χ4v) is 2.49. The van der Waals surface area contributed by atoms with Gasteiger partial charge in [0.05, 0.1) is 0 Å². The van der Waals surface area contributed by atoms with Gasteiger partial charge in [-0.2, -0.15) is 0 Å². The van der Waals surface area contributed by atoms with Gasteiger partial charge in [0, 0.05) is 22.9 Å². The van der Waals surface area contributed by atoms with E-state index in [9.17, 15) is 4.39 Å². The van der Waals surface area contributed by atoms with E-state index in [4.69, 9.17) is 0 Å². The molecule has 0 spiro atoms. The molecule has 1 N–H and O–H groups in total. The van der Waals surface area contributed by atoms with Crippen molar-refractivity contribution in [1.82, 2.24) is 10.3 Å². The summed E-state index contributed by atoms with van der Waals surface area (Å²) in [6.45, 7) is 2.88. The van der Waals surface area contributed by atoms with Gasteiger partial charge in [-0.3, -0.25) is 4.98 Å². The van der Waals surface area contributed by atoms with Crippen molar-refractivity contribution in [3.63, 3.8) is 0 Å². The lowest BCUT2D eigenvalue weighted by atomic mass is 10.00. The number of benzene rings is 1. The van der Waals surface area contributed by atoms with E-state index in [0.29, 0.717) is 0 Å². The lowest BCUT2D eigenvalue weighted by Crippen LogP contribution is -2.23. The SMILES string of the molecule is CCNC(Cc1cncc(Br)c1)c1cccc(F)c1. The Kier molecular flexibility index (Phi) is 5.05. The zero-order chi connectivity index (χ0) is 13.7. The first-order valence-electron chi connectivity index (χ1n) is 6.27.